The molecule has 0 N–H and O–H groups in total. The minimum Gasteiger partial charge on any atom is -0.490 e. The van der Waals surface area contributed by atoms with Gasteiger partial charge in [-0.2, -0.15) is 8.42 Å². The third-order valence-corrected chi connectivity index (χ3v) is 3.13. The molecule has 0 spiro atoms. The highest BCUT2D eigenvalue weighted by Gasteiger charge is 2.21. The number of ether oxygens (including phenoxy) is 1. The van der Waals surface area contributed by atoms with Gasteiger partial charge in [0.15, 0.2) is 5.75 Å². The SMILES string of the molecule is COc1ccc(S(=O)(=O)OC)cc1[N+](=O)[O-]. The zero-order valence-electron chi connectivity index (χ0n) is 8.54. The first-order chi connectivity index (χ1) is 7.42. The van der Waals surface area contributed by atoms with Gasteiger partial charge in [0, 0.05) is 6.07 Å². The summed E-state index contributed by atoms with van der Waals surface area (Å²) < 4.78 is 31.6. The number of hydrogen-bond acceptors (Lipinski definition) is 6. The second kappa shape index (κ2) is 4.45. The number of nitrogens with zero attached hydrogens (tertiary/aromatic N) is 1. The zero-order valence-corrected chi connectivity index (χ0v) is 9.35. The van der Waals surface area contributed by atoms with Gasteiger partial charge in [0.25, 0.3) is 10.1 Å². The highest BCUT2D eigenvalue weighted by molar-refractivity contribution is 7.86. The fraction of sp³-hybridized carbons (Fsp3) is 0.250. The number of benzene rings is 1. The molecule has 16 heavy (non-hydrogen) atoms. The van der Waals surface area contributed by atoms with Crippen LogP contribution in [0.1, 0.15) is 0 Å². The first-order valence-electron chi connectivity index (χ1n) is 4.05. The second-order valence-corrected chi connectivity index (χ2v) is 4.42. The maximum atomic E-state index is 11.3. The van der Waals surface area contributed by atoms with Crippen LogP contribution >= 0.6 is 0 Å². The Kier molecular flexibility index (Phi) is 3.45. The molecule has 0 atom stereocenters. The molecule has 0 aliphatic carbocycles. The molecular formula is C8H9NO6S. The number of nitro groups is 1. The molecule has 88 valence electrons. The topological polar surface area (TPSA) is 95.7 Å². The number of hydrogen-bond donors (Lipinski definition) is 0. The monoisotopic (exact) mass is 247 g/mol. The molecule has 7 nitrogen and oxygen atoms in total. The van der Waals surface area contributed by atoms with Gasteiger partial charge >= 0.3 is 5.69 Å². The first-order valence-corrected chi connectivity index (χ1v) is 5.46. The Balaban J connectivity index is 3.39. The second-order valence-electron chi connectivity index (χ2n) is 2.71. The van der Waals surface area contributed by atoms with E-state index in [4.69, 9.17) is 4.74 Å². The Morgan fingerprint density at radius 1 is 1.31 bits per heavy atom. The molecule has 0 unspecified atom stereocenters. The predicted molar refractivity (Wildman–Crippen MR) is 53.8 cm³/mol. The van der Waals surface area contributed by atoms with Crippen LogP contribution in [0.4, 0.5) is 5.69 Å². The average Bonchev–Trinajstić information content (AvgIpc) is 2.28. The molecule has 0 radical (unpaired) electrons. The molecular weight excluding hydrogens is 238 g/mol. The first kappa shape index (κ1) is 12.4. The van der Waals surface area contributed by atoms with Crippen molar-refractivity contribution in [1.29, 1.82) is 0 Å². The summed E-state index contributed by atoms with van der Waals surface area (Å²) in [4.78, 5) is 9.62. The Hall–Kier alpha value is -1.67. The van der Waals surface area contributed by atoms with Crippen LogP contribution in [0.2, 0.25) is 0 Å². The lowest BCUT2D eigenvalue weighted by molar-refractivity contribution is -0.386. The van der Waals surface area contributed by atoms with E-state index < -0.39 is 20.7 Å². The van der Waals surface area contributed by atoms with Crippen LogP contribution in [0, 0.1) is 10.1 Å². The molecule has 0 saturated heterocycles. The molecule has 0 aliphatic heterocycles. The third-order valence-electron chi connectivity index (χ3n) is 1.86. The van der Waals surface area contributed by atoms with Crippen LogP contribution < -0.4 is 4.74 Å². The highest BCUT2D eigenvalue weighted by Crippen LogP contribution is 2.29. The van der Waals surface area contributed by atoms with Crippen molar-refractivity contribution < 1.29 is 22.3 Å². The van der Waals surface area contributed by atoms with Gasteiger partial charge in [-0.05, 0) is 12.1 Å². The van der Waals surface area contributed by atoms with Gasteiger partial charge in [0.2, 0.25) is 0 Å². The summed E-state index contributed by atoms with van der Waals surface area (Å²) in [5.41, 5.74) is -0.430. The fourth-order valence-corrected chi connectivity index (χ4v) is 1.75. The lowest BCUT2D eigenvalue weighted by Crippen LogP contribution is -2.04. The lowest BCUT2D eigenvalue weighted by atomic mass is 10.3. The van der Waals surface area contributed by atoms with Crippen molar-refractivity contribution in [1.82, 2.24) is 0 Å². The fourth-order valence-electron chi connectivity index (χ4n) is 1.06. The van der Waals surface area contributed by atoms with Crippen LogP contribution in [0.3, 0.4) is 0 Å². The molecule has 0 heterocycles. The third kappa shape index (κ3) is 2.28. The highest BCUT2D eigenvalue weighted by atomic mass is 32.2. The summed E-state index contributed by atoms with van der Waals surface area (Å²) in [7, 11) is -1.70. The van der Waals surface area contributed by atoms with E-state index in [1.807, 2.05) is 0 Å². The van der Waals surface area contributed by atoms with Crippen molar-refractivity contribution in [3.05, 3.63) is 28.3 Å². The van der Waals surface area contributed by atoms with E-state index in [-0.39, 0.29) is 10.6 Å². The van der Waals surface area contributed by atoms with Crippen molar-refractivity contribution >= 4 is 15.8 Å². The number of rotatable bonds is 4. The van der Waals surface area contributed by atoms with Crippen LogP contribution in [0.15, 0.2) is 23.1 Å². The van der Waals surface area contributed by atoms with Gasteiger partial charge in [0.05, 0.1) is 19.1 Å². The maximum Gasteiger partial charge on any atom is 0.312 e. The molecule has 8 heteroatoms. The molecule has 1 aromatic carbocycles. The van der Waals surface area contributed by atoms with E-state index in [1.165, 1.54) is 19.2 Å². The van der Waals surface area contributed by atoms with E-state index in [0.29, 0.717) is 0 Å². The van der Waals surface area contributed by atoms with Crippen molar-refractivity contribution in [3.63, 3.8) is 0 Å². The van der Waals surface area contributed by atoms with Crippen LogP contribution in [0.25, 0.3) is 0 Å². The number of methoxy groups -OCH3 is 1. The van der Waals surface area contributed by atoms with Crippen molar-refractivity contribution in [2.45, 2.75) is 4.90 Å². The molecule has 1 aromatic rings. The van der Waals surface area contributed by atoms with Gasteiger partial charge in [-0.25, -0.2) is 0 Å². The molecule has 0 aliphatic rings. The summed E-state index contributed by atoms with van der Waals surface area (Å²) in [6, 6.07) is 3.26. The van der Waals surface area contributed by atoms with Crippen LogP contribution in [0.5, 0.6) is 5.75 Å². The summed E-state index contributed by atoms with van der Waals surface area (Å²) in [5, 5.41) is 10.6. The minimum absolute atomic E-state index is 0.0138. The quantitative estimate of drug-likeness (QED) is 0.446. The zero-order chi connectivity index (χ0) is 12.3. The van der Waals surface area contributed by atoms with Crippen molar-refractivity contribution in [3.8, 4) is 5.75 Å². The molecule has 0 bridgehead atoms. The Labute approximate surface area is 91.9 Å². The maximum absolute atomic E-state index is 11.3. The van der Waals surface area contributed by atoms with E-state index >= 15 is 0 Å². The van der Waals surface area contributed by atoms with E-state index in [9.17, 15) is 18.5 Å². The summed E-state index contributed by atoms with van der Waals surface area (Å²) in [5.74, 6) is -0.0138. The summed E-state index contributed by atoms with van der Waals surface area (Å²) in [6.07, 6.45) is 0. The summed E-state index contributed by atoms with van der Waals surface area (Å²) in [6.45, 7) is 0. The predicted octanol–water partition coefficient (Wildman–Crippen LogP) is 0.938. The van der Waals surface area contributed by atoms with Crippen molar-refractivity contribution in [2.75, 3.05) is 14.2 Å². The smallest absolute Gasteiger partial charge is 0.312 e. The van der Waals surface area contributed by atoms with Gasteiger partial charge in [0.1, 0.15) is 4.90 Å². The Morgan fingerprint density at radius 2 is 1.94 bits per heavy atom. The van der Waals surface area contributed by atoms with Crippen LogP contribution in [-0.4, -0.2) is 27.6 Å². The van der Waals surface area contributed by atoms with Gasteiger partial charge in [-0.3, -0.25) is 14.3 Å². The standard InChI is InChI=1S/C8H9NO6S/c1-14-8-4-3-6(16(12,13)15-2)5-7(8)9(10)11/h3-5H,1-2H3. The van der Waals surface area contributed by atoms with Gasteiger partial charge in [-0.15, -0.1) is 0 Å². The lowest BCUT2D eigenvalue weighted by Gasteiger charge is -2.04. The molecule has 0 aromatic heterocycles. The van der Waals surface area contributed by atoms with E-state index in [1.54, 1.807) is 0 Å². The normalized spacial score (nSPS) is 11.1. The number of nitro benzene ring substituents is 1. The van der Waals surface area contributed by atoms with E-state index in [2.05, 4.69) is 4.18 Å². The Bertz CT molecular complexity index is 509. The average molecular weight is 247 g/mol. The molecule has 0 fully saturated rings. The van der Waals surface area contributed by atoms with E-state index in [0.717, 1.165) is 13.2 Å². The molecule has 1 rings (SSSR count). The van der Waals surface area contributed by atoms with Gasteiger partial charge in [-0.1, -0.05) is 0 Å². The molecule has 0 amide bonds. The molecule has 0 saturated carbocycles. The summed E-state index contributed by atoms with van der Waals surface area (Å²) >= 11 is 0. The van der Waals surface area contributed by atoms with Crippen molar-refractivity contribution in [2.24, 2.45) is 0 Å². The minimum atomic E-state index is -3.94. The van der Waals surface area contributed by atoms with Crippen LogP contribution in [-0.2, 0) is 14.3 Å². The van der Waals surface area contributed by atoms with Gasteiger partial charge < -0.3 is 4.74 Å². The Morgan fingerprint density at radius 3 is 2.38 bits per heavy atom. The largest absolute Gasteiger partial charge is 0.490 e.